The van der Waals surface area contributed by atoms with Gasteiger partial charge in [-0.2, -0.15) is 0 Å². The molecule has 0 saturated heterocycles. The van der Waals surface area contributed by atoms with Gasteiger partial charge in [-0.15, -0.1) is 0 Å². The zero-order valence-corrected chi connectivity index (χ0v) is 13.8. The highest BCUT2D eigenvalue weighted by Gasteiger charge is 2.12. The van der Waals surface area contributed by atoms with E-state index in [1.165, 1.54) is 14.2 Å². The van der Waals surface area contributed by atoms with Gasteiger partial charge in [0.25, 0.3) is 11.8 Å². The molecule has 2 aromatic carbocycles. The van der Waals surface area contributed by atoms with Gasteiger partial charge in [-0.1, -0.05) is 28.1 Å². The number of hydrogen-bond donors (Lipinski definition) is 1. The Morgan fingerprint density at radius 1 is 1.09 bits per heavy atom. The second-order valence-electron chi connectivity index (χ2n) is 4.53. The van der Waals surface area contributed by atoms with Crippen molar-refractivity contribution in [3.63, 3.8) is 0 Å². The average molecular weight is 363 g/mol. The summed E-state index contributed by atoms with van der Waals surface area (Å²) >= 11 is 3.33. The van der Waals surface area contributed by atoms with Crippen LogP contribution in [0.2, 0.25) is 0 Å². The smallest absolute Gasteiger partial charge is 0.277 e. The second kappa shape index (κ2) is 7.20. The number of halogens is 1. The number of benzene rings is 2. The summed E-state index contributed by atoms with van der Waals surface area (Å²) in [4.78, 5) is 29.1. The molecule has 2 aromatic rings. The van der Waals surface area contributed by atoms with Crippen LogP contribution in [0.5, 0.6) is 0 Å². The zero-order valence-electron chi connectivity index (χ0n) is 12.2. The van der Waals surface area contributed by atoms with Crippen molar-refractivity contribution in [1.29, 1.82) is 0 Å². The minimum atomic E-state index is -0.291. The molecule has 6 heteroatoms. The van der Waals surface area contributed by atoms with Crippen molar-refractivity contribution in [3.05, 3.63) is 64.1 Å². The first-order valence-electron chi connectivity index (χ1n) is 6.50. The van der Waals surface area contributed by atoms with Crippen LogP contribution in [0.3, 0.4) is 0 Å². The standard InChI is InChI=1S/C16H15BrN2O3/c1-19(22-2)16(21)12-6-4-8-14(10-12)18-15(20)11-5-3-7-13(17)9-11/h3-10H,1-2H3,(H,18,20). The molecular weight excluding hydrogens is 348 g/mol. The van der Waals surface area contributed by atoms with Gasteiger partial charge in [-0.3, -0.25) is 14.4 Å². The summed E-state index contributed by atoms with van der Waals surface area (Å²) in [5.41, 5.74) is 1.50. The third kappa shape index (κ3) is 3.93. The summed E-state index contributed by atoms with van der Waals surface area (Å²) in [6.45, 7) is 0. The number of hydroxylamine groups is 2. The van der Waals surface area contributed by atoms with Crippen molar-refractivity contribution in [3.8, 4) is 0 Å². The molecule has 114 valence electrons. The van der Waals surface area contributed by atoms with E-state index in [1.54, 1.807) is 42.5 Å². The van der Waals surface area contributed by atoms with Crippen LogP contribution < -0.4 is 5.32 Å². The minimum Gasteiger partial charge on any atom is -0.322 e. The van der Waals surface area contributed by atoms with Crippen LogP contribution in [0.1, 0.15) is 20.7 Å². The molecule has 2 amide bonds. The van der Waals surface area contributed by atoms with E-state index in [2.05, 4.69) is 21.2 Å². The van der Waals surface area contributed by atoms with Crippen molar-refractivity contribution in [2.24, 2.45) is 0 Å². The van der Waals surface area contributed by atoms with Gasteiger partial charge in [0.05, 0.1) is 7.11 Å². The number of hydrogen-bond acceptors (Lipinski definition) is 3. The van der Waals surface area contributed by atoms with E-state index in [-0.39, 0.29) is 11.8 Å². The molecule has 0 aliphatic heterocycles. The Labute approximate surface area is 137 Å². The molecule has 0 saturated carbocycles. The summed E-state index contributed by atoms with van der Waals surface area (Å²) in [5.74, 6) is -0.535. The van der Waals surface area contributed by atoms with E-state index in [1.807, 2.05) is 6.07 Å². The Hall–Kier alpha value is -2.18. The highest BCUT2D eigenvalue weighted by atomic mass is 79.9. The van der Waals surface area contributed by atoms with Crippen LogP contribution in [0, 0.1) is 0 Å². The summed E-state index contributed by atoms with van der Waals surface area (Å²) in [6, 6.07) is 13.8. The number of carbonyl (C=O) groups excluding carboxylic acids is 2. The highest BCUT2D eigenvalue weighted by molar-refractivity contribution is 9.10. The molecule has 22 heavy (non-hydrogen) atoms. The topological polar surface area (TPSA) is 58.6 Å². The monoisotopic (exact) mass is 362 g/mol. The molecule has 0 aliphatic carbocycles. The summed E-state index contributed by atoms with van der Waals surface area (Å²) < 4.78 is 0.825. The molecule has 0 unspecified atom stereocenters. The Balaban J connectivity index is 2.17. The quantitative estimate of drug-likeness (QED) is 0.848. The first kappa shape index (κ1) is 16.2. The SMILES string of the molecule is CON(C)C(=O)c1cccc(NC(=O)c2cccc(Br)c2)c1. The lowest BCUT2D eigenvalue weighted by Gasteiger charge is -2.14. The third-order valence-electron chi connectivity index (χ3n) is 3.01. The predicted molar refractivity (Wildman–Crippen MR) is 87.6 cm³/mol. The fraction of sp³-hybridized carbons (Fsp3) is 0.125. The molecular formula is C16H15BrN2O3. The molecule has 5 nitrogen and oxygen atoms in total. The number of carbonyl (C=O) groups is 2. The summed E-state index contributed by atoms with van der Waals surface area (Å²) in [6.07, 6.45) is 0. The van der Waals surface area contributed by atoms with Gasteiger partial charge >= 0.3 is 0 Å². The molecule has 0 atom stereocenters. The van der Waals surface area contributed by atoms with Crippen molar-refractivity contribution in [1.82, 2.24) is 5.06 Å². The van der Waals surface area contributed by atoms with Crippen LogP contribution >= 0.6 is 15.9 Å². The fourth-order valence-electron chi connectivity index (χ4n) is 1.83. The third-order valence-corrected chi connectivity index (χ3v) is 3.51. The van der Waals surface area contributed by atoms with E-state index < -0.39 is 0 Å². The van der Waals surface area contributed by atoms with Crippen molar-refractivity contribution >= 4 is 33.4 Å². The first-order valence-corrected chi connectivity index (χ1v) is 7.29. The van der Waals surface area contributed by atoms with Crippen LogP contribution in [0.4, 0.5) is 5.69 Å². The van der Waals surface area contributed by atoms with Gasteiger partial charge < -0.3 is 5.32 Å². The van der Waals surface area contributed by atoms with Gasteiger partial charge in [-0.05, 0) is 36.4 Å². The van der Waals surface area contributed by atoms with E-state index >= 15 is 0 Å². The lowest BCUT2D eigenvalue weighted by Crippen LogP contribution is -2.25. The number of nitrogens with zero attached hydrogens (tertiary/aromatic N) is 1. The van der Waals surface area contributed by atoms with E-state index in [0.717, 1.165) is 9.54 Å². The Kier molecular flexibility index (Phi) is 5.30. The van der Waals surface area contributed by atoms with Gasteiger partial charge in [0, 0.05) is 28.3 Å². The van der Waals surface area contributed by atoms with Gasteiger partial charge in [0.15, 0.2) is 0 Å². The molecule has 0 aliphatic rings. The molecule has 0 fully saturated rings. The molecule has 0 heterocycles. The lowest BCUT2D eigenvalue weighted by molar-refractivity contribution is -0.0756. The Morgan fingerprint density at radius 2 is 1.77 bits per heavy atom. The molecule has 0 spiro atoms. The van der Waals surface area contributed by atoms with Crippen molar-refractivity contribution < 1.29 is 14.4 Å². The molecule has 1 N–H and O–H groups in total. The average Bonchev–Trinajstić information content (AvgIpc) is 2.53. The van der Waals surface area contributed by atoms with Crippen LogP contribution in [-0.2, 0) is 4.84 Å². The van der Waals surface area contributed by atoms with Crippen LogP contribution in [0.15, 0.2) is 53.0 Å². The van der Waals surface area contributed by atoms with Crippen LogP contribution in [0.25, 0.3) is 0 Å². The minimum absolute atomic E-state index is 0.244. The number of nitrogens with one attached hydrogen (secondary N) is 1. The lowest BCUT2D eigenvalue weighted by atomic mass is 10.1. The maximum Gasteiger partial charge on any atom is 0.277 e. The maximum absolute atomic E-state index is 12.2. The van der Waals surface area contributed by atoms with Crippen molar-refractivity contribution in [2.75, 3.05) is 19.5 Å². The normalized spacial score (nSPS) is 10.1. The second-order valence-corrected chi connectivity index (χ2v) is 5.45. The van der Waals surface area contributed by atoms with Gasteiger partial charge in [-0.25, -0.2) is 5.06 Å². The molecule has 0 bridgehead atoms. The predicted octanol–water partition coefficient (Wildman–Crippen LogP) is 3.33. The van der Waals surface area contributed by atoms with Gasteiger partial charge in [0.2, 0.25) is 0 Å². The van der Waals surface area contributed by atoms with Gasteiger partial charge in [0.1, 0.15) is 0 Å². The fourth-order valence-corrected chi connectivity index (χ4v) is 2.23. The number of anilines is 1. The molecule has 0 aromatic heterocycles. The highest BCUT2D eigenvalue weighted by Crippen LogP contribution is 2.16. The van der Waals surface area contributed by atoms with E-state index in [9.17, 15) is 9.59 Å². The van der Waals surface area contributed by atoms with Crippen LogP contribution in [-0.4, -0.2) is 31.0 Å². The Morgan fingerprint density at radius 3 is 2.45 bits per heavy atom. The first-order chi connectivity index (χ1) is 10.5. The molecule has 2 rings (SSSR count). The number of rotatable bonds is 4. The largest absolute Gasteiger partial charge is 0.322 e. The number of amides is 2. The summed E-state index contributed by atoms with van der Waals surface area (Å²) in [5, 5.41) is 3.89. The maximum atomic E-state index is 12.2. The zero-order chi connectivity index (χ0) is 16.1. The van der Waals surface area contributed by atoms with Crippen molar-refractivity contribution in [2.45, 2.75) is 0 Å². The summed E-state index contributed by atoms with van der Waals surface area (Å²) in [7, 11) is 2.94. The van der Waals surface area contributed by atoms with E-state index in [0.29, 0.717) is 16.8 Å². The molecule has 0 radical (unpaired) electrons. The Bertz CT molecular complexity index is 703. The van der Waals surface area contributed by atoms with E-state index in [4.69, 9.17) is 4.84 Å².